The van der Waals surface area contributed by atoms with E-state index >= 15 is 0 Å². The first-order chi connectivity index (χ1) is 18.3. The topological polar surface area (TPSA) is 59.3 Å². The molecule has 0 spiro atoms. The minimum absolute atomic E-state index is 0.260. The number of benzene rings is 4. The van der Waals surface area contributed by atoms with Gasteiger partial charge in [-0.2, -0.15) is 5.26 Å². The van der Waals surface area contributed by atoms with Crippen molar-refractivity contribution in [2.75, 3.05) is 6.61 Å². The smallest absolute Gasteiger partial charge is 0.345 e. The minimum Gasteiger partial charge on any atom is -0.482 e. The molecule has 4 aromatic rings. The van der Waals surface area contributed by atoms with Crippen LogP contribution in [0.5, 0.6) is 5.75 Å². The summed E-state index contributed by atoms with van der Waals surface area (Å²) < 4.78 is 24.7. The molecule has 6 heteroatoms. The molecule has 0 radical (unpaired) electrons. The van der Waals surface area contributed by atoms with Gasteiger partial charge < -0.3 is 9.47 Å². The molecule has 4 aromatic carbocycles. The van der Waals surface area contributed by atoms with Gasteiger partial charge in [0.2, 0.25) is 0 Å². The molecule has 38 heavy (non-hydrogen) atoms. The monoisotopic (exact) mass is 522 g/mol. The van der Waals surface area contributed by atoms with E-state index in [1.54, 1.807) is 50.2 Å². The summed E-state index contributed by atoms with van der Waals surface area (Å²) in [4.78, 5) is 15.6. The predicted molar refractivity (Wildman–Crippen MR) is 145 cm³/mol. The summed E-state index contributed by atoms with van der Waals surface area (Å²) >= 11 is 0. The van der Waals surface area contributed by atoms with E-state index < -0.39 is 22.5 Å². The maximum atomic E-state index is 13.5. The Labute approximate surface area is 225 Å². The fourth-order valence-electron chi connectivity index (χ4n) is 3.54. The van der Waals surface area contributed by atoms with Crippen LogP contribution in [0.15, 0.2) is 118 Å². The number of carbonyl (C=O) groups excluding carboxylic acids is 1. The Hall–Kier alpha value is -4.52. The largest absolute Gasteiger partial charge is 0.482 e. The van der Waals surface area contributed by atoms with Crippen LogP contribution in [0.4, 0.5) is 4.39 Å². The van der Waals surface area contributed by atoms with Gasteiger partial charge in [0.1, 0.15) is 11.6 Å². The van der Waals surface area contributed by atoms with Gasteiger partial charge in [0, 0.05) is 5.56 Å². The Kier molecular flexibility index (Phi) is 8.48. The number of ether oxygens (including phenoxy) is 2. The first kappa shape index (κ1) is 26.5. The summed E-state index contributed by atoms with van der Waals surface area (Å²) in [7, 11) is -0.423. The third-order valence-corrected chi connectivity index (χ3v) is 7.57. The molecule has 0 bridgehead atoms. The van der Waals surface area contributed by atoms with Crippen molar-refractivity contribution in [1.29, 1.82) is 5.26 Å². The lowest BCUT2D eigenvalue weighted by Gasteiger charge is -2.19. The lowest BCUT2D eigenvalue weighted by molar-refractivity contribution is -0.154. The van der Waals surface area contributed by atoms with Gasteiger partial charge in [-0.25, -0.2) is 9.18 Å². The molecule has 188 valence electrons. The fraction of sp³-hybridized carbons (Fsp3) is 0.125. The van der Waals surface area contributed by atoms with Crippen LogP contribution >= 0.6 is 0 Å². The Morgan fingerprint density at radius 3 is 1.97 bits per heavy atom. The number of carbonyl (C=O) groups is 1. The van der Waals surface area contributed by atoms with Gasteiger partial charge in [0.25, 0.3) is 0 Å². The molecule has 0 N–H and O–H groups in total. The first-order valence-corrected chi connectivity index (χ1v) is 13.1. The molecule has 0 saturated carbocycles. The van der Waals surface area contributed by atoms with Crippen molar-refractivity contribution in [3.8, 4) is 23.7 Å². The van der Waals surface area contributed by atoms with Crippen molar-refractivity contribution in [2.45, 2.75) is 34.1 Å². The summed E-state index contributed by atoms with van der Waals surface area (Å²) in [5, 5.41) is 8.89. The van der Waals surface area contributed by atoms with Crippen molar-refractivity contribution in [1.82, 2.24) is 0 Å². The van der Waals surface area contributed by atoms with Gasteiger partial charge in [-0.15, -0.1) is 0 Å². The normalized spacial score (nSPS) is 11.4. The molecule has 0 aromatic heterocycles. The molecule has 0 fully saturated rings. The third-order valence-electron chi connectivity index (χ3n) is 5.34. The zero-order valence-corrected chi connectivity index (χ0v) is 21.8. The molecule has 4 rings (SSSR count). The second-order valence-corrected chi connectivity index (χ2v) is 10.8. The zero-order valence-electron chi connectivity index (χ0n) is 21.0. The summed E-state index contributed by atoms with van der Waals surface area (Å²) in [6, 6.07) is 33.0. The van der Waals surface area contributed by atoms with Gasteiger partial charge >= 0.3 is 5.97 Å². The minimum atomic E-state index is -1.02. The van der Waals surface area contributed by atoms with Crippen molar-refractivity contribution in [2.24, 2.45) is 0 Å². The van der Waals surface area contributed by atoms with Gasteiger partial charge in [-0.05, 0) is 98.8 Å². The third kappa shape index (κ3) is 7.26. The van der Waals surface area contributed by atoms with Crippen molar-refractivity contribution in [3.63, 3.8) is 0 Å². The highest BCUT2D eigenvalue weighted by Gasteiger charge is 2.28. The van der Waals surface area contributed by atoms with E-state index in [2.05, 4.69) is 30.0 Å². The Morgan fingerprint density at radius 2 is 1.37 bits per heavy atom. The maximum absolute atomic E-state index is 13.5. The van der Waals surface area contributed by atoms with Crippen LogP contribution in [0.25, 0.3) is 0 Å². The number of nitriles is 1. The van der Waals surface area contributed by atoms with Crippen LogP contribution in [0.2, 0.25) is 0 Å². The first-order valence-electron chi connectivity index (χ1n) is 11.9. The van der Waals surface area contributed by atoms with Gasteiger partial charge in [0.05, 0.1) is 22.5 Å². The summed E-state index contributed by atoms with van der Waals surface area (Å²) in [5.41, 5.74) is 0.259. The molecule has 0 amide bonds. The highest BCUT2D eigenvalue weighted by Crippen LogP contribution is 2.32. The molecule has 0 aliphatic rings. The van der Waals surface area contributed by atoms with E-state index in [0.29, 0.717) is 11.3 Å². The van der Waals surface area contributed by atoms with E-state index in [4.69, 9.17) is 14.7 Å². The predicted octanol–water partition coefficient (Wildman–Crippen LogP) is 6.55. The van der Waals surface area contributed by atoms with Crippen molar-refractivity contribution >= 4 is 16.9 Å². The average molecular weight is 523 g/mol. The van der Waals surface area contributed by atoms with Crippen LogP contribution in [0, 0.1) is 29.0 Å². The van der Waals surface area contributed by atoms with Gasteiger partial charge in [0.15, 0.2) is 26.9 Å². The highest BCUT2D eigenvalue weighted by molar-refractivity contribution is 7.97. The SMILES string of the molecule is CC(C)(C#Cc1ccc(C#N)cc1)OC(=O)COc1ccc([S+](c2ccccc2)c2ccc(F)cc2)cc1. The van der Waals surface area contributed by atoms with E-state index in [1.165, 1.54) is 12.1 Å². The lowest BCUT2D eigenvalue weighted by atomic mass is 10.1. The van der Waals surface area contributed by atoms with E-state index in [-0.39, 0.29) is 12.4 Å². The standard InChI is InChI=1S/C32H25FNO3S/c1-32(2,21-20-24-8-10-25(22-34)11-9-24)37-31(35)23-36-27-14-18-30(19-15-27)38(28-6-4-3-5-7-28)29-16-12-26(33)13-17-29/h3-19H,23H2,1-2H3/q+1. The summed E-state index contributed by atoms with van der Waals surface area (Å²) in [5.74, 6) is 5.63. The van der Waals surface area contributed by atoms with E-state index in [0.717, 1.165) is 20.2 Å². The van der Waals surface area contributed by atoms with Crippen LogP contribution < -0.4 is 4.74 Å². The molecule has 0 aliphatic heterocycles. The van der Waals surface area contributed by atoms with Crippen LogP contribution in [-0.2, 0) is 20.4 Å². The zero-order chi connectivity index (χ0) is 27.0. The Bertz CT molecular complexity index is 1480. The number of esters is 1. The lowest BCUT2D eigenvalue weighted by Crippen LogP contribution is -2.29. The van der Waals surface area contributed by atoms with E-state index in [9.17, 15) is 9.18 Å². The number of rotatable bonds is 7. The number of hydrogen-bond acceptors (Lipinski definition) is 4. The van der Waals surface area contributed by atoms with Gasteiger partial charge in [-0.3, -0.25) is 0 Å². The van der Waals surface area contributed by atoms with Crippen molar-refractivity contribution in [3.05, 3.63) is 120 Å². The molecule has 1 atom stereocenters. The highest BCUT2D eigenvalue weighted by atomic mass is 32.2. The number of hydrogen-bond donors (Lipinski definition) is 0. The fourth-order valence-corrected chi connectivity index (χ4v) is 5.60. The molecule has 4 nitrogen and oxygen atoms in total. The number of halogens is 1. The van der Waals surface area contributed by atoms with E-state index in [1.807, 2.05) is 42.5 Å². The van der Waals surface area contributed by atoms with Gasteiger partial charge in [-0.1, -0.05) is 30.0 Å². The molecule has 0 saturated heterocycles. The molecule has 0 aliphatic carbocycles. The summed E-state index contributed by atoms with van der Waals surface area (Å²) in [6.07, 6.45) is 0. The maximum Gasteiger partial charge on any atom is 0.345 e. The van der Waals surface area contributed by atoms with Crippen molar-refractivity contribution < 1.29 is 18.7 Å². The average Bonchev–Trinajstić information content (AvgIpc) is 2.93. The molecular formula is C32H25FNO3S+. The molecule has 0 heterocycles. The Morgan fingerprint density at radius 1 is 0.816 bits per heavy atom. The number of nitrogens with zero attached hydrogens (tertiary/aromatic N) is 1. The quantitative estimate of drug-likeness (QED) is 0.157. The second-order valence-electron chi connectivity index (χ2n) is 8.76. The summed E-state index contributed by atoms with van der Waals surface area (Å²) in [6.45, 7) is 3.15. The Balaban J connectivity index is 1.39. The second kappa shape index (κ2) is 12.1. The van der Waals surface area contributed by atoms with Crippen LogP contribution in [0.3, 0.4) is 0 Å². The molecular weight excluding hydrogens is 497 g/mol. The van der Waals surface area contributed by atoms with Crippen LogP contribution in [0.1, 0.15) is 25.0 Å². The van der Waals surface area contributed by atoms with Crippen LogP contribution in [-0.4, -0.2) is 18.2 Å². The molecule has 1 unspecified atom stereocenters.